The van der Waals surface area contributed by atoms with Crippen LogP contribution in [0.25, 0.3) is 0 Å². The van der Waals surface area contributed by atoms with Gasteiger partial charge in [0.25, 0.3) is 0 Å². The summed E-state index contributed by atoms with van der Waals surface area (Å²) in [5.41, 5.74) is 0. The lowest BCUT2D eigenvalue weighted by Crippen LogP contribution is -2.35. The summed E-state index contributed by atoms with van der Waals surface area (Å²) < 4.78 is 0. The lowest BCUT2D eigenvalue weighted by molar-refractivity contribution is -0.123. The summed E-state index contributed by atoms with van der Waals surface area (Å²) >= 11 is 6.42. The second kappa shape index (κ2) is 5.86. The van der Waals surface area contributed by atoms with Crippen LogP contribution in [0.5, 0.6) is 0 Å². The Balaban J connectivity index is 2.78. The third kappa shape index (κ3) is 2.96. The maximum atomic E-state index is 11.5. The van der Waals surface area contributed by atoms with Crippen molar-refractivity contribution in [3.8, 4) is 0 Å². The summed E-state index contributed by atoms with van der Waals surface area (Å²) in [6, 6.07) is 0. The number of hydrogen-bond donors (Lipinski definition) is 1. The van der Waals surface area contributed by atoms with Crippen LogP contribution in [0.1, 0.15) is 0 Å². The number of hydrazone groups is 1. The van der Waals surface area contributed by atoms with E-state index in [1.165, 1.54) is 16.8 Å². The fraction of sp³-hybridized carbons (Fsp3) is 0.444. The molecule has 1 N–H and O–H groups in total. The molecule has 0 atom stereocenters. The summed E-state index contributed by atoms with van der Waals surface area (Å²) in [5, 5.41) is 9.77. The molecule has 0 saturated carbocycles. The average molecular weight is 258 g/mol. The van der Waals surface area contributed by atoms with Crippen molar-refractivity contribution in [3.63, 3.8) is 0 Å². The molecule has 0 radical (unpaired) electrons. The number of rotatable bonds is 3. The minimum atomic E-state index is 0.0485. The zero-order valence-corrected chi connectivity index (χ0v) is 10.9. The van der Waals surface area contributed by atoms with Gasteiger partial charge in [-0.05, 0) is 12.2 Å². The van der Waals surface area contributed by atoms with Crippen LogP contribution in [0.4, 0.5) is 0 Å². The van der Waals surface area contributed by atoms with Gasteiger partial charge >= 0.3 is 0 Å². The van der Waals surface area contributed by atoms with Gasteiger partial charge in [0.05, 0.1) is 5.75 Å². The molecule has 0 bridgehead atoms. The first-order chi connectivity index (χ1) is 7.60. The van der Waals surface area contributed by atoms with Crippen molar-refractivity contribution in [1.82, 2.24) is 15.2 Å². The van der Waals surface area contributed by atoms with Crippen LogP contribution in [0, 0.1) is 0 Å². The lowest BCUT2D eigenvalue weighted by atomic mass is 10.5. The summed E-state index contributed by atoms with van der Waals surface area (Å²) in [7, 11) is 3.47. The topological polar surface area (TPSA) is 47.9 Å². The van der Waals surface area contributed by atoms with Crippen LogP contribution in [0.2, 0.25) is 0 Å². The first-order valence-corrected chi connectivity index (χ1v) is 6.07. The summed E-state index contributed by atoms with van der Waals surface area (Å²) in [5.74, 6) is 0.472. The van der Waals surface area contributed by atoms with Crippen LogP contribution in [0.3, 0.4) is 0 Å². The molecule has 0 aromatic rings. The Labute approximate surface area is 105 Å². The normalized spacial score (nSPS) is 17.8. The van der Waals surface area contributed by atoms with Gasteiger partial charge in [-0.2, -0.15) is 0 Å². The van der Waals surface area contributed by atoms with E-state index in [1.54, 1.807) is 25.1 Å². The van der Waals surface area contributed by atoms with E-state index < -0.39 is 0 Å². The van der Waals surface area contributed by atoms with Crippen LogP contribution in [0.15, 0.2) is 17.8 Å². The Bertz CT molecular complexity index is 342. The van der Waals surface area contributed by atoms with Gasteiger partial charge in [-0.3, -0.25) is 9.69 Å². The number of thioether (sulfide) groups is 1. The van der Waals surface area contributed by atoms with Crippen molar-refractivity contribution in [1.29, 1.82) is 0 Å². The molecule has 1 heterocycles. The van der Waals surface area contributed by atoms with E-state index in [9.17, 15) is 4.79 Å². The van der Waals surface area contributed by atoms with Crippen LogP contribution < -0.4 is 5.32 Å². The number of thiocarbonyl (C=S) groups is 1. The van der Waals surface area contributed by atoms with Crippen molar-refractivity contribution >= 4 is 40.2 Å². The molecule has 0 unspecified atom stereocenters. The Morgan fingerprint density at radius 3 is 3.12 bits per heavy atom. The molecule has 16 heavy (non-hydrogen) atoms. The molecular formula is C9H14N4OS2. The Morgan fingerprint density at radius 1 is 1.88 bits per heavy atom. The van der Waals surface area contributed by atoms with E-state index >= 15 is 0 Å². The van der Waals surface area contributed by atoms with Crippen LogP contribution in [-0.2, 0) is 4.79 Å². The third-order valence-electron chi connectivity index (χ3n) is 1.91. The second-order valence-corrected chi connectivity index (χ2v) is 4.37. The summed E-state index contributed by atoms with van der Waals surface area (Å²) in [6.07, 6.45) is 1.68. The van der Waals surface area contributed by atoms with E-state index in [4.69, 9.17) is 12.2 Å². The van der Waals surface area contributed by atoms with Crippen LogP contribution >= 0.6 is 24.0 Å². The van der Waals surface area contributed by atoms with Gasteiger partial charge in [0.15, 0.2) is 10.3 Å². The fourth-order valence-corrected chi connectivity index (χ4v) is 2.08. The lowest BCUT2D eigenvalue weighted by Gasteiger charge is -2.18. The van der Waals surface area contributed by atoms with E-state index in [2.05, 4.69) is 17.0 Å². The van der Waals surface area contributed by atoms with Gasteiger partial charge in [0.2, 0.25) is 5.91 Å². The zero-order valence-electron chi connectivity index (χ0n) is 9.27. The fourth-order valence-electron chi connectivity index (χ4n) is 1.12. The zero-order chi connectivity index (χ0) is 12.1. The summed E-state index contributed by atoms with van der Waals surface area (Å²) in [4.78, 5) is 13.1. The second-order valence-electron chi connectivity index (χ2n) is 3.04. The smallest absolute Gasteiger partial charge is 0.239 e. The van der Waals surface area contributed by atoms with E-state index in [0.717, 1.165) is 0 Å². The van der Waals surface area contributed by atoms with Gasteiger partial charge < -0.3 is 5.32 Å². The predicted octanol–water partition coefficient (Wildman–Crippen LogP) is 0.455. The molecule has 88 valence electrons. The molecule has 0 aromatic carbocycles. The van der Waals surface area contributed by atoms with E-state index in [1.807, 2.05) is 0 Å². The van der Waals surface area contributed by atoms with Crippen molar-refractivity contribution in [2.45, 2.75) is 0 Å². The first kappa shape index (κ1) is 13.0. The third-order valence-corrected chi connectivity index (χ3v) is 3.33. The number of carbonyl (C=O) groups is 1. The van der Waals surface area contributed by atoms with Crippen molar-refractivity contribution in [2.24, 2.45) is 5.10 Å². The molecule has 0 aromatic heterocycles. The number of amidine groups is 1. The van der Waals surface area contributed by atoms with Gasteiger partial charge in [-0.15, -0.1) is 11.7 Å². The number of hydrogen-bond acceptors (Lipinski definition) is 4. The van der Waals surface area contributed by atoms with Crippen LogP contribution in [-0.4, -0.2) is 52.5 Å². The first-order valence-electron chi connectivity index (χ1n) is 4.68. The molecule has 0 spiro atoms. The molecule has 1 rings (SSSR count). The maximum absolute atomic E-state index is 11.5. The van der Waals surface area contributed by atoms with Crippen molar-refractivity contribution < 1.29 is 4.79 Å². The molecule has 1 aliphatic heterocycles. The maximum Gasteiger partial charge on any atom is 0.239 e. The molecule has 1 aliphatic rings. The molecule has 1 amide bonds. The SMILES string of the molecule is C=CCN1C(=O)CS/C1=N/N(C)C(=S)NC. The van der Waals surface area contributed by atoms with E-state index in [-0.39, 0.29) is 5.91 Å². The van der Waals surface area contributed by atoms with E-state index in [0.29, 0.717) is 22.6 Å². The molecule has 1 fully saturated rings. The molecule has 1 saturated heterocycles. The standard InChI is InChI=1S/C9H14N4OS2/c1-4-5-13-7(14)6-16-9(13)11-12(3)8(15)10-2/h4H,1,5-6H2,2-3H3,(H,10,15)/b11-9+. The minimum Gasteiger partial charge on any atom is -0.364 e. The highest BCUT2D eigenvalue weighted by atomic mass is 32.2. The van der Waals surface area contributed by atoms with Gasteiger partial charge in [0.1, 0.15) is 0 Å². The molecule has 7 heteroatoms. The molecule has 0 aliphatic carbocycles. The minimum absolute atomic E-state index is 0.0485. The summed E-state index contributed by atoms with van der Waals surface area (Å²) in [6.45, 7) is 4.09. The van der Waals surface area contributed by atoms with Gasteiger partial charge in [-0.1, -0.05) is 17.8 Å². The highest BCUT2D eigenvalue weighted by Gasteiger charge is 2.27. The van der Waals surface area contributed by atoms with Crippen molar-refractivity contribution in [3.05, 3.63) is 12.7 Å². The molecular weight excluding hydrogens is 244 g/mol. The monoisotopic (exact) mass is 258 g/mol. The Kier molecular flexibility index (Phi) is 4.75. The number of nitrogens with zero attached hydrogens (tertiary/aromatic N) is 3. The Morgan fingerprint density at radius 2 is 2.56 bits per heavy atom. The van der Waals surface area contributed by atoms with Gasteiger partial charge in [0, 0.05) is 20.6 Å². The number of nitrogens with one attached hydrogen (secondary N) is 1. The number of amides is 1. The average Bonchev–Trinajstić information content (AvgIpc) is 2.61. The van der Waals surface area contributed by atoms with Gasteiger partial charge in [-0.25, -0.2) is 5.01 Å². The van der Waals surface area contributed by atoms with Crippen molar-refractivity contribution in [2.75, 3.05) is 26.4 Å². The predicted molar refractivity (Wildman–Crippen MR) is 71.2 cm³/mol. The number of carbonyl (C=O) groups excluding carboxylic acids is 1. The highest BCUT2D eigenvalue weighted by molar-refractivity contribution is 8.15. The largest absolute Gasteiger partial charge is 0.364 e. The highest BCUT2D eigenvalue weighted by Crippen LogP contribution is 2.19. The quantitative estimate of drug-likeness (QED) is 0.452. The molecule has 5 nitrogen and oxygen atoms in total. The Hall–Kier alpha value is -1.08.